The van der Waals surface area contributed by atoms with Crippen molar-refractivity contribution in [1.29, 1.82) is 0 Å². The van der Waals surface area contributed by atoms with Crippen molar-refractivity contribution in [1.82, 2.24) is 13.9 Å². The molecule has 0 saturated carbocycles. The van der Waals surface area contributed by atoms with Crippen molar-refractivity contribution in [2.24, 2.45) is 0 Å². The molecule has 0 aromatic heterocycles. The first-order valence-corrected chi connectivity index (χ1v) is 9.11. The molecule has 0 atom stereocenters. The summed E-state index contributed by atoms with van der Waals surface area (Å²) in [4.78, 5) is 4.22. The van der Waals surface area contributed by atoms with Crippen LogP contribution in [0.1, 0.15) is 6.92 Å². The van der Waals surface area contributed by atoms with E-state index in [4.69, 9.17) is 4.74 Å². The molecule has 0 bridgehead atoms. The fraction of sp³-hybridized carbons (Fsp3) is 0.778. The van der Waals surface area contributed by atoms with Gasteiger partial charge in [-0.05, 0) is 6.92 Å². The van der Waals surface area contributed by atoms with E-state index < -0.39 is 35.2 Å². The quantitative estimate of drug-likeness (QED) is 0.658. The molecule has 150 valence electrons. The molecule has 0 aromatic carbocycles. The van der Waals surface area contributed by atoms with E-state index in [1.807, 2.05) is 26.4 Å². The molecule has 0 fully saturated rings. The fourth-order valence-corrected chi connectivity index (χ4v) is 3.03. The Kier molecular flexibility index (Phi) is 7.99. The van der Waals surface area contributed by atoms with Crippen LogP contribution in [-0.2, 0) is 24.8 Å². The van der Waals surface area contributed by atoms with E-state index in [0.29, 0.717) is 6.73 Å². The lowest BCUT2D eigenvalue weighted by Gasteiger charge is -2.17. The summed E-state index contributed by atoms with van der Waals surface area (Å²) in [6, 6.07) is 0. The third kappa shape index (κ3) is 7.66. The Morgan fingerprint density at radius 1 is 1.00 bits per heavy atom. The molecule has 8 nitrogen and oxygen atoms in total. The monoisotopic (exact) mass is 423 g/mol. The second kappa shape index (κ2) is 8.41. The van der Waals surface area contributed by atoms with Gasteiger partial charge in [-0.1, -0.05) is 4.13 Å². The maximum absolute atomic E-state index is 11.5. The van der Waals surface area contributed by atoms with Crippen LogP contribution >= 0.6 is 0 Å². The molecule has 0 radical (unpaired) electrons. The molecule has 0 aromatic rings. The Labute approximate surface area is 140 Å². The molecule has 1 aliphatic heterocycles. The highest BCUT2D eigenvalue weighted by Crippen LogP contribution is 2.27. The van der Waals surface area contributed by atoms with Gasteiger partial charge in [-0.3, -0.25) is 0 Å². The van der Waals surface area contributed by atoms with Gasteiger partial charge in [-0.25, -0.2) is 16.8 Å². The minimum Gasteiger partial charge on any atom is -0.362 e. The van der Waals surface area contributed by atoms with E-state index >= 15 is 0 Å². The van der Waals surface area contributed by atoms with E-state index in [1.165, 1.54) is 0 Å². The summed E-state index contributed by atoms with van der Waals surface area (Å²) in [5.74, 6) is 0. The lowest BCUT2D eigenvalue weighted by atomic mass is 10.8. The second-order valence-electron chi connectivity index (χ2n) is 4.39. The average Bonchev–Trinajstić information content (AvgIpc) is 2.79. The van der Waals surface area contributed by atoms with Crippen LogP contribution in [0.5, 0.6) is 0 Å². The molecular weight excluding hydrogens is 408 g/mol. The molecule has 1 rings (SSSR count). The standard InChI is InChI=1S/C7H14N2O.C2HF6NO4S2/c1-3-10-7-9-5-4-8(2)6-9;3-1(4,5)14(10,11)9-15(12,13)2(6,7)8/h4-5H,3,6-7H2,1-2H3;9H. The maximum atomic E-state index is 11.5. The second-order valence-corrected chi connectivity index (χ2v) is 8.00. The summed E-state index contributed by atoms with van der Waals surface area (Å²) in [6.07, 6.45) is 4.08. The third-order valence-corrected chi connectivity index (χ3v) is 5.20. The number of hydrogen-bond acceptors (Lipinski definition) is 7. The van der Waals surface area contributed by atoms with Crippen molar-refractivity contribution < 1.29 is 47.9 Å². The Bertz CT molecular complexity index is 616. The summed E-state index contributed by atoms with van der Waals surface area (Å²) in [5, 5.41) is 0. The molecule has 1 N–H and O–H groups in total. The highest BCUT2D eigenvalue weighted by molar-refractivity contribution is 8.05. The smallest absolute Gasteiger partial charge is 0.362 e. The number of nitrogens with one attached hydrogen (secondary N) is 1. The van der Waals surface area contributed by atoms with Gasteiger partial charge >= 0.3 is 31.1 Å². The summed E-state index contributed by atoms with van der Waals surface area (Å²) in [5.41, 5.74) is -12.3. The van der Waals surface area contributed by atoms with Crippen LogP contribution in [0.15, 0.2) is 12.4 Å². The summed E-state index contributed by atoms with van der Waals surface area (Å²) < 4.78 is 114. The highest BCUT2D eigenvalue weighted by atomic mass is 32.3. The lowest BCUT2D eigenvalue weighted by molar-refractivity contribution is -0.0476. The predicted octanol–water partition coefficient (Wildman–Crippen LogP) is 0.932. The van der Waals surface area contributed by atoms with Crippen LogP contribution in [0, 0.1) is 0 Å². The van der Waals surface area contributed by atoms with Gasteiger partial charge in [0, 0.05) is 26.1 Å². The molecule has 25 heavy (non-hydrogen) atoms. The first-order valence-electron chi connectivity index (χ1n) is 6.15. The molecule has 0 unspecified atom stereocenters. The Morgan fingerprint density at radius 3 is 1.72 bits per heavy atom. The molecule has 0 spiro atoms. The van der Waals surface area contributed by atoms with Crippen molar-refractivity contribution in [2.75, 3.05) is 27.1 Å². The number of sulfonamides is 2. The SMILES string of the molecule is CCOCN1C=CN(C)C1.O=S(=O)(NS(=O)(=O)C(F)(F)F)C(F)(F)F. The minimum absolute atomic E-state index is 0.493. The average molecular weight is 423 g/mol. The minimum atomic E-state index is -6.60. The first-order chi connectivity index (χ1) is 11.0. The van der Waals surface area contributed by atoms with Gasteiger partial charge in [0.05, 0.1) is 6.67 Å². The van der Waals surface area contributed by atoms with Gasteiger partial charge in [0.15, 0.2) is 0 Å². The molecule has 0 saturated heterocycles. The van der Waals surface area contributed by atoms with Crippen molar-refractivity contribution >= 4 is 20.0 Å². The van der Waals surface area contributed by atoms with Crippen molar-refractivity contribution in [3.8, 4) is 0 Å². The number of halogens is 6. The van der Waals surface area contributed by atoms with Gasteiger partial charge in [-0.2, -0.15) is 26.3 Å². The van der Waals surface area contributed by atoms with E-state index in [1.54, 1.807) is 0 Å². The zero-order chi connectivity index (χ0) is 20.1. The number of alkyl halides is 6. The third-order valence-electron chi connectivity index (χ3n) is 2.23. The number of nitrogens with zero attached hydrogens (tertiary/aromatic N) is 2. The predicted molar refractivity (Wildman–Crippen MR) is 73.2 cm³/mol. The van der Waals surface area contributed by atoms with E-state index in [0.717, 1.165) is 13.3 Å². The lowest BCUT2D eigenvalue weighted by Crippen LogP contribution is -2.45. The van der Waals surface area contributed by atoms with Gasteiger partial charge in [-0.15, -0.1) is 0 Å². The fourth-order valence-electron chi connectivity index (χ4n) is 1.12. The molecule has 1 aliphatic rings. The summed E-state index contributed by atoms with van der Waals surface area (Å²) >= 11 is 0. The summed E-state index contributed by atoms with van der Waals surface area (Å²) in [7, 11) is -11.1. The summed E-state index contributed by atoms with van der Waals surface area (Å²) in [6.45, 7) is 4.44. The van der Waals surface area contributed by atoms with Crippen molar-refractivity contribution in [3.63, 3.8) is 0 Å². The van der Waals surface area contributed by atoms with Crippen LogP contribution in [0.25, 0.3) is 0 Å². The Morgan fingerprint density at radius 2 is 1.44 bits per heavy atom. The zero-order valence-electron chi connectivity index (χ0n) is 12.8. The van der Waals surface area contributed by atoms with Crippen LogP contribution in [0.3, 0.4) is 0 Å². The largest absolute Gasteiger partial charge is 0.512 e. The van der Waals surface area contributed by atoms with Crippen LogP contribution in [0.4, 0.5) is 26.3 Å². The Hall–Kier alpha value is -1.26. The molecule has 16 heteroatoms. The number of hydrogen-bond donors (Lipinski definition) is 1. The molecule has 0 aliphatic carbocycles. The number of rotatable bonds is 5. The van der Waals surface area contributed by atoms with E-state index in [-0.39, 0.29) is 0 Å². The van der Waals surface area contributed by atoms with Crippen LogP contribution in [-0.4, -0.2) is 64.7 Å². The zero-order valence-corrected chi connectivity index (χ0v) is 14.4. The highest BCUT2D eigenvalue weighted by Gasteiger charge is 2.55. The van der Waals surface area contributed by atoms with Gasteiger partial charge in [0.1, 0.15) is 6.73 Å². The molecular formula is C9H15F6N3O5S2. The maximum Gasteiger partial charge on any atom is 0.512 e. The van der Waals surface area contributed by atoms with Crippen molar-refractivity contribution in [3.05, 3.63) is 12.4 Å². The number of ether oxygens (including phenoxy) is 1. The first kappa shape index (κ1) is 23.7. The Balaban J connectivity index is 0.000000496. The molecule has 1 heterocycles. The topological polar surface area (TPSA) is 96.0 Å². The van der Waals surface area contributed by atoms with Gasteiger partial charge < -0.3 is 14.5 Å². The molecule has 0 amide bonds. The van der Waals surface area contributed by atoms with Crippen molar-refractivity contribution in [2.45, 2.75) is 17.9 Å². The van der Waals surface area contributed by atoms with Crippen LogP contribution in [0.2, 0.25) is 0 Å². The normalized spacial score (nSPS) is 16.0. The van der Waals surface area contributed by atoms with Crippen LogP contribution < -0.4 is 4.13 Å². The van der Waals surface area contributed by atoms with Gasteiger partial charge in [0.2, 0.25) is 0 Å². The van der Waals surface area contributed by atoms with Gasteiger partial charge in [0.25, 0.3) is 0 Å². The van der Waals surface area contributed by atoms with E-state index in [2.05, 4.69) is 9.80 Å². The van der Waals surface area contributed by atoms with E-state index in [9.17, 15) is 43.2 Å².